The minimum atomic E-state index is -0.0324. The molecule has 0 aromatic heterocycles. The zero-order chi connectivity index (χ0) is 14.7. The third kappa shape index (κ3) is 3.47. The van der Waals surface area contributed by atoms with Gasteiger partial charge in [0.1, 0.15) is 0 Å². The largest absolute Gasteiger partial charge is 0.454 e. The summed E-state index contributed by atoms with van der Waals surface area (Å²) >= 11 is 5.81. The number of benzene rings is 2. The molecule has 21 heavy (non-hydrogen) atoms. The average Bonchev–Trinajstić information content (AvgIpc) is 2.95. The van der Waals surface area contributed by atoms with Crippen LogP contribution < -0.4 is 14.8 Å². The Balaban J connectivity index is 1.55. The zero-order valence-electron chi connectivity index (χ0n) is 11.3. The van der Waals surface area contributed by atoms with E-state index in [9.17, 15) is 4.79 Å². The summed E-state index contributed by atoms with van der Waals surface area (Å²) in [5.41, 5.74) is 1.91. The van der Waals surface area contributed by atoms with Crippen LogP contribution in [0.2, 0.25) is 5.02 Å². The van der Waals surface area contributed by atoms with E-state index in [0.29, 0.717) is 18.0 Å². The van der Waals surface area contributed by atoms with E-state index in [-0.39, 0.29) is 12.7 Å². The first kappa shape index (κ1) is 13.8. The molecule has 108 valence electrons. The molecule has 1 aliphatic rings. The van der Waals surface area contributed by atoms with E-state index in [0.717, 1.165) is 22.6 Å². The number of rotatable bonds is 4. The third-order valence-corrected chi connectivity index (χ3v) is 3.46. The van der Waals surface area contributed by atoms with Gasteiger partial charge >= 0.3 is 0 Å². The van der Waals surface area contributed by atoms with E-state index in [1.54, 1.807) is 12.1 Å². The Hall–Kier alpha value is -2.20. The highest BCUT2D eigenvalue weighted by Gasteiger charge is 2.13. The first-order chi connectivity index (χ1) is 10.2. The number of fused-ring (bicyclic) bond motifs is 1. The molecule has 2 aromatic rings. The van der Waals surface area contributed by atoms with E-state index in [2.05, 4.69) is 5.32 Å². The monoisotopic (exact) mass is 303 g/mol. The molecule has 0 unspecified atom stereocenters. The Morgan fingerprint density at radius 1 is 1.05 bits per heavy atom. The van der Waals surface area contributed by atoms with Gasteiger partial charge in [-0.1, -0.05) is 29.8 Å². The number of halogens is 1. The van der Waals surface area contributed by atoms with E-state index >= 15 is 0 Å². The Bertz CT molecular complexity index is 655. The summed E-state index contributed by atoms with van der Waals surface area (Å²) in [6.45, 7) is 0.713. The molecule has 1 N–H and O–H groups in total. The zero-order valence-corrected chi connectivity index (χ0v) is 12.0. The van der Waals surface area contributed by atoms with Crippen molar-refractivity contribution in [1.82, 2.24) is 5.32 Å². The topological polar surface area (TPSA) is 47.6 Å². The molecule has 0 radical (unpaired) electrons. The number of nitrogens with one attached hydrogen (secondary N) is 1. The van der Waals surface area contributed by atoms with Gasteiger partial charge in [-0.3, -0.25) is 4.79 Å². The smallest absolute Gasteiger partial charge is 0.231 e. The van der Waals surface area contributed by atoms with E-state index in [1.807, 2.05) is 30.3 Å². The van der Waals surface area contributed by atoms with Crippen LogP contribution in [0.25, 0.3) is 0 Å². The fourth-order valence-electron chi connectivity index (χ4n) is 2.10. The summed E-state index contributed by atoms with van der Waals surface area (Å²) in [7, 11) is 0. The normalized spacial score (nSPS) is 12.2. The molecule has 0 bridgehead atoms. The molecule has 1 aliphatic heterocycles. The van der Waals surface area contributed by atoms with Crippen molar-refractivity contribution in [2.24, 2.45) is 0 Å². The highest BCUT2D eigenvalue weighted by Crippen LogP contribution is 2.32. The molecule has 4 nitrogen and oxygen atoms in total. The van der Waals surface area contributed by atoms with Gasteiger partial charge < -0.3 is 14.8 Å². The molecule has 0 saturated heterocycles. The lowest BCUT2D eigenvalue weighted by Gasteiger charge is -2.06. The predicted octanol–water partition coefficient (Wildman–Crippen LogP) is 2.93. The summed E-state index contributed by atoms with van der Waals surface area (Å²) in [5.74, 6) is 1.43. The molecule has 0 fully saturated rings. The average molecular weight is 304 g/mol. The van der Waals surface area contributed by atoms with Gasteiger partial charge in [0.2, 0.25) is 12.7 Å². The van der Waals surface area contributed by atoms with Crippen LogP contribution in [0.4, 0.5) is 0 Å². The lowest BCUT2D eigenvalue weighted by molar-refractivity contribution is -0.120. The van der Waals surface area contributed by atoms with Gasteiger partial charge in [-0.05, 0) is 35.4 Å². The van der Waals surface area contributed by atoms with Crippen LogP contribution in [0, 0.1) is 0 Å². The third-order valence-electron chi connectivity index (χ3n) is 3.20. The maximum atomic E-state index is 11.9. The fourth-order valence-corrected chi connectivity index (χ4v) is 2.23. The summed E-state index contributed by atoms with van der Waals surface area (Å²) < 4.78 is 10.6. The van der Waals surface area contributed by atoms with Crippen molar-refractivity contribution in [1.29, 1.82) is 0 Å². The summed E-state index contributed by atoms with van der Waals surface area (Å²) in [4.78, 5) is 11.9. The summed E-state index contributed by atoms with van der Waals surface area (Å²) in [6, 6.07) is 12.9. The quantitative estimate of drug-likeness (QED) is 0.944. The molecule has 0 spiro atoms. The number of hydrogen-bond acceptors (Lipinski definition) is 3. The van der Waals surface area contributed by atoms with Crippen molar-refractivity contribution < 1.29 is 14.3 Å². The van der Waals surface area contributed by atoms with Gasteiger partial charge in [0.05, 0.1) is 6.42 Å². The van der Waals surface area contributed by atoms with Crippen LogP contribution in [0.3, 0.4) is 0 Å². The molecular formula is C16H14ClNO3. The lowest BCUT2D eigenvalue weighted by Crippen LogP contribution is -2.24. The van der Waals surface area contributed by atoms with Gasteiger partial charge in [0, 0.05) is 11.6 Å². The van der Waals surface area contributed by atoms with Crippen molar-refractivity contribution in [3.63, 3.8) is 0 Å². The number of hydrogen-bond donors (Lipinski definition) is 1. The van der Waals surface area contributed by atoms with Gasteiger partial charge in [0.15, 0.2) is 11.5 Å². The van der Waals surface area contributed by atoms with Gasteiger partial charge in [-0.2, -0.15) is 0 Å². The van der Waals surface area contributed by atoms with E-state index in [4.69, 9.17) is 21.1 Å². The van der Waals surface area contributed by atoms with Crippen molar-refractivity contribution in [2.75, 3.05) is 6.79 Å². The molecular weight excluding hydrogens is 290 g/mol. The van der Waals surface area contributed by atoms with Gasteiger partial charge in [-0.25, -0.2) is 0 Å². The van der Waals surface area contributed by atoms with Crippen LogP contribution in [-0.2, 0) is 17.8 Å². The Morgan fingerprint density at radius 2 is 1.76 bits per heavy atom. The first-order valence-corrected chi connectivity index (χ1v) is 6.98. The summed E-state index contributed by atoms with van der Waals surface area (Å²) in [5, 5.41) is 3.55. The highest BCUT2D eigenvalue weighted by molar-refractivity contribution is 6.30. The van der Waals surface area contributed by atoms with Crippen LogP contribution >= 0.6 is 11.6 Å². The van der Waals surface area contributed by atoms with Crippen molar-refractivity contribution >= 4 is 17.5 Å². The molecule has 1 heterocycles. The standard InChI is InChI=1S/C16H14ClNO3/c17-13-4-1-11(2-5-13)8-16(19)18-9-12-3-6-14-15(7-12)21-10-20-14/h1-7H,8-10H2,(H,18,19). The van der Waals surface area contributed by atoms with Crippen LogP contribution in [0.1, 0.15) is 11.1 Å². The minimum absolute atomic E-state index is 0.0324. The SMILES string of the molecule is O=C(Cc1ccc(Cl)cc1)NCc1ccc2c(c1)OCO2. The second-order valence-corrected chi connectivity index (χ2v) is 5.20. The Kier molecular flexibility index (Phi) is 3.97. The number of carbonyl (C=O) groups is 1. The highest BCUT2D eigenvalue weighted by atomic mass is 35.5. The first-order valence-electron chi connectivity index (χ1n) is 6.60. The van der Waals surface area contributed by atoms with Crippen LogP contribution in [0.5, 0.6) is 11.5 Å². The molecule has 5 heteroatoms. The van der Waals surface area contributed by atoms with Crippen LogP contribution in [-0.4, -0.2) is 12.7 Å². The van der Waals surface area contributed by atoms with E-state index in [1.165, 1.54) is 0 Å². The second kappa shape index (κ2) is 6.06. The predicted molar refractivity (Wildman–Crippen MR) is 79.6 cm³/mol. The number of ether oxygens (including phenoxy) is 2. The number of carbonyl (C=O) groups excluding carboxylic acids is 1. The molecule has 0 aliphatic carbocycles. The summed E-state index contributed by atoms with van der Waals surface area (Å²) in [6.07, 6.45) is 0.335. The minimum Gasteiger partial charge on any atom is -0.454 e. The Morgan fingerprint density at radius 3 is 2.57 bits per heavy atom. The second-order valence-electron chi connectivity index (χ2n) is 4.77. The maximum Gasteiger partial charge on any atom is 0.231 e. The molecule has 0 saturated carbocycles. The van der Waals surface area contributed by atoms with Crippen LogP contribution in [0.15, 0.2) is 42.5 Å². The Labute approximate surface area is 127 Å². The molecule has 2 aromatic carbocycles. The molecule has 3 rings (SSSR count). The van der Waals surface area contributed by atoms with Gasteiger partial charge in [-0.15, -0.1) is 0 Å². The van der Waals surface area contributed by atoms with E-state index < -0.39 is 0 Å². The lowest BCUT2D eigenvalue weighted by atomic mass is 10.1. The fraction of sp³-hybridized carbons (Fsp3) is 0.188. The van der Waals surface area contributed by atoms with Crippen molar-refractivity contribution in [3.05, 3.63) is 58.6 Å². The van der Waals surface area contributed by atoms with Crippen molar-refractivity contribution in [2.45, 2.75) is 13.0 Å². The molecule has 0 atom stereocenters. The van der Waals surface area contributed by atoms with Crippen molar-refractivity contribution in [3.8, 4) is 11.5 Å². The van der Waals surface area contributed by atoms with Gasteiger partial charge in [0.25, 0.3) is 0 Å². The molecule has 1 amide bonds. The maximum absolute atomic E-state index is 11.9. The number of amides is 1.